The van der Waals surface area contributed by atoms with Crippen LogP contribution in [0.1, 0.15) is 12.0 Å². The molecule has 6 nitrogen and oxygen atoms in total. The Labute approximate surface area is 112 Å². The van der Waals surface area contributed by atoms with Gasteiger partial charge in [0.2, 0.25) is 0 Å². The molecular weight excluding hydrogens is 303 g/mol. The summed E-state index contributed by atoms with van der Waals surface area (Å²) in [5, 5.41) is 8.41. The highest BCUT2D eigenvalue weighted by Crippen LogP contribution is 2.28. The Balaban J connectivity index is 3.12. The lowest BCUT2D eigenvalue weighted by molar-refractivity contribution is -0.385. The Hall–Kier alpha value is -1.68. The fraction of sp³-hybridized carbons (Fsp3) is 0.400. The zero-order valence-corrected chi connectivity index (χ0v) is 10.6. The number of benzene rings is 1. The number of nitrogens with zero attached hydrogens (tertiary/aromatic N) is 1. The minimum atomic E-state index is -5.23. The van der Waals surface area contributed by atoms with E-state index in [9.17, 15) is 36.3 Å². The van der Waals surface area contributed by atoms with Crippen molar-refractivity contribution in [2.45, 2.75) is 24.3 Å². The summed E-state index contributed by atoms with van der Waals surface area (Å²) in [5.41, 5.74) is -0.755. The first-order valence-electron chi connectivity index (χ1n) is 5.24. The van der Waals surface area contributed by atoms with Crippen molar-refractivity contribution in [3.05, 3.63) is 39.9 Å². The molecule has 0 aromatic heterocycles. The van der Waals surface area contributed by atoms with Crippen LogP contribution in [-0.2, 0) is 16.5 Å². The molecule has 20 heavy (non-hydrogen) atoms. The van der Waals surface area contributed by atoms with E-state index in [0.29, 0.717) is 0 Å². The second kappa shape index (κ2) is 5.75. The average Bonchev–Trinajstić information content (AvgIpc) is 2.25. The molecule has 1 rings (SSSR count). The van der Waals surface area contributed by atoms with Crippen LogP contribution in [0.5, 0.6) is 0 Å². The van der Waals surface area contributed by atoms with Crippen LogP contribution in [0.15, 0.2) is 24.3 Å². The van der Waals surface area contributed by atoms with Crippen LogP contribution in [0.2, 0.25) is 0 Å². The van der Waals surface area contributed by atoms with Crippen molar-refractivity contribution < 1.29 is 31.1 Å². The van der Waals surface area contributed by atoms with Crippen molar-refractivity contribution >= 4 is 15.8 Å². The van der Waals surface area contributed by atoms with Gasteiger partial charge in [-0.05, 0) is 6.42 Å². The highest BCUT2D eigenvalue weighted by atomic mass is 32.2. The first-order chi connectivity index (χ1) is 9.00. The van der Waals surface area contributed by atoms with Crippen LogP contribution in [0, 0.1) is 10.1 Å². The molecule has 0 radical (unpaired) electrons. The third kappa shape index (κ3) is 4.78. The van der Waals surface area contributed by atoms with E-state index >= 15 is 0 Å². The fourth-order valence-electron chi connectivity index (χ4n) is 1.64. The van der Waals surface area contributed by atoms with E-state index in [1.807, 2.05) is 0 Å². The smallest absolute Gasteiger partial charge is 0.390 e. The molecule has 0 saturated carbocycles. The molecule has 0 aliphatic carbocycles. The number of nitro groups is 1. The number of rotatable bonds is 5. The second-order valence-corrected chi connectivity index (χ2v) is 5.68. The lowest BCUT2D eigenvalue weighted by Gasteiger charge is -2.21. The van der Waals surface area contributed by atoms with Crippen LogP contribution in [0.4, 0.5) is 18.9 Å². The molecular formula is C10H9F3NO5S-. The van der Waals surface area contributed by atoms with Gasteiger partial charge in [-0.15, -0.1) is 0 Å². The molecule has 1 atom stereocenters. The van der Waals surface area contributed by atoms with Gasteiger partial charge in [-0.1, -0.05) is 18.2 Å². The highest BCUT2D eigenvalue weighted by Gasteiger charge is 2.35. The van der Waals surface area contributed by atoms with Gasteiger partial charge >= 0.3 is 6.18 Å². The summed E-state index contributed by atoms with van der Waals surface area (Å²) in [7, 11) is -5.23. The summed E-state index contributed by atoms with van der Waals surface area (Å²) in [4.78, 5) is 9.84. The van der Waals surface area contributed by atoms with E-state index in [4.69, 9.17) is 0 Å². The molecule has 112 valence electrons. The molecule has 0 heterocycles. The third-order valence-electron chi connectivity index (χ3n) is 2.50. The Bertz CT molecular complexity index is 599. The molecule has 0 saturated heterocycles. The molecule has 1 aromatic carbocycles. The summed E-state index contributed by atoms with van der Waals surface area (Å²) in [5.74, 6) is 0. The van der Waals surface area contributed by atoms with E-state index in [0.717, 1.165) is 12.1 Å². The van der Waals surface area contributed by atoms with Crippen molar-refractivity contribution in [1.29, 1.82) is 0 Å². The number of halogens is 3. The summed E-state index contributed by atoms with van der Waals surface area (Å²) in [6.45, 7) is 0. The summed E-state index contributed by atoms with van der Waals surface area (Å²) in [6, 6.07) is 4.74. The van der Waals surface area contributed by atoms with Gasteiger partial charge in [0, 0.05) is 11.6 Å². The van der Waals surface area contributed by atoms with E-state index < -0.39 is 45.0 Å². The second-order valence-electron chi connectivity index (χ2n) is 4.02. The first kappa shape index (κ1) is 16.4. The molecule has 0 aliphatic heterocycles. The standard InChI is InChI=1S/C10H10F3NO5S/c11-10(12,13)6-8(20(17,18)19)5-7-3-1-2-4-9(7)14(15)16/h1-4,8H,5-6H2,(H,17,18,19)/p-1. The number of hydrogen-bond acceptors (Lipinski definition) is 5. The van der Waals surface area contributed by atoms with Gasteiger partial charge in [-0.3, -0.25) is 10.1 Å². The number of para-hydroxylation sites is 1. The van der Waals surface area contributed by atoms with Gasteiger partial charge in [0.15, 0.2) is 0 Å². The Morgan fingerprint density at radius 3 is 2.25 bits per heavy atom. The van der Waals surface area contributed by atoms with Crippen molar-refractivity contribution in [3.63, 3.8) is 0 Å². The van der Waals surface area contributed by atoms with Crippen molar-refractivity contribution in [1.82, 2.24) is 0 Å². The van der Waals surface area contributed by atoms with Crippen LogP contribution in [-0.4, -0.2) is 29.3 Å². The van der Waals surface area contributed by atoms with Gasteiger partial charge in [0.25, 0.3) is 5.69 Å². The van der Waals surface area contributed by atoms with Crippen LogP contribution < -0.4 is 0 Å². The molecule has 1 unspecified atom stereocenters. The summed E-state index contributed by atoms with van der Waals surface area (Å²) < 4.78 is 69.4. The van der Waals surface area contributed by atoms with Crippen molar-refractivity contribution in [3.8, 4) is 0 Å². The molecule has 0 N–H and O–H groups in total. The fourth-order valence-corrected chi connectivity index (χ4v) is 2.42. The lowest BCUT2D eigenvalue weighted by atomic mass is 10.1. The Morgan fingerprint density at radius 2 is 1.80 bits per heavy atom. The number of nitro benzene ring substituents is 1. The maximum Gasteiger partial charge on any atom is 0.390 e. The van der Waals surface area contributed by atoms with Crippen LogP contribution >= 0.6 is 0 Å². The predicted octanol–water partition coefficient (Wildman–Crippen LogP) is 2.00. The Kier molecular flexibility index (Phi) is 4.71. The van der Waals surface area contributed by atoms with E-state index in [2.05, 4.69) is 0 Å². The highest BCUT2D eigenvalue weighted by molar-refractivity contribution is 7.86. The quantitative estimate of drug-likeness (QED) is 0.470. The SMILES string of the molecule is O=[N+]([O-])c1ccccc1CC(CC(F)(F)F)S(=O)(=O)[O-]. The maximum atomic E-state index is 12.3. The van der Waals surface area contributed by atoms with Crippen molar-refractivity contribution in [2.24, 2.45) is 0 Å². The first-order valence-corrected chi connectivity index (χ1v) is 6.71. The monoisotopic (exact) mass is 312 g/mol. The van der Waals surface area contributed by atoms with Gasteiger partial charge in [-0.25, -0.2) is 8.42 Å². The van der Waals surface area contributed by atoms with Crippen molar-refractivity contribution in [2.75, 3.05) is 0 Å². The molecule has 0 fully saturated rings. The summed E-state index contributed by atoms with van der Waals surface area (Å²) >= 11 is 0. The van der Waals surface area contributed by atoms with E-state index in [1.165, 1.54) is 12.1 Å². The molecule has 10 heteroatoms. The normalized spacial score (nSPS) is 14.0. The van der Waals surface area contributed by atoms with Gasteiger partial charge in [0.05, 0.1) is 26.7 Å². The number of hydrogen-bond donors (Lipinski definition) is 0. The molecule has 0 aliphatic rings. The van der Waals surface area contributed by atoms with Crippen LogP contribution in [0.3, 0.4) is 0 Å². The molecule has 1 aromatic rings. The number of alkyl halides is 3. The van der Waals surface area contributed by atoms with E-state index in [1.54, 1.807) is 0 Å². The lowest BCUT2D eigenvalue weighted by Crippen LogP contribution is -2.29. The van der Waals surface area contributed by atoms with Crippen LogP contribution in [0.25, 0.3) is 0 Å². The van der Waals surface area contributed by atoms with E-state index in [-0.39, 0.29) is 5.56 Å². The van der Waals surface area contributed by atoms with Gasteiger partial charge < -0.3 is 4.55 Å². The Morgan fingerprint density at radius 1 is 1.25 bits per heavy atom. The maximum absolute atomic E-state index is 12.3. The zero-order chi connectivity index (χ0) is 15.6. The summed E-state index contributed by atoms with van der Waals surface area (Å²) in [6.07, 6.45) is -7.56. The topological polar surface area (TPSA) is 100 Å². The molecule has 0 spiro atoms. The zero-order valence-electron chi connectivity index (χ0n) is 9.83. The minimum Gasteiger partial charge on any atom is -0.748 e. The predicted molar refractivity (Wildman–Crippen MR) is 61.0 cm³/mol. The van der Waals surface area contributed by atoms with Gasteiger partial charge in [0.1, 0.15) is 0 Å². The molecule has 0 amide bonds. The third-order valence-corrected chi connectivity index (χ3v) is 3.65. The molecule has 0 bridgehead atoms. The minimum absolute atomic E-state index is 0.230. The average molecular weight is 312 g/mol. The van der Waals surface area contributed by atoms with Gasteiger partial charge in [-0.2, -0.15) is 13.2 Å². The largest absolute Gasteiger partial charge is 0.748 e.